The van der Waals surface area contributed by atoms with E-state index in [1.54, 1.807) is 0 Å². The molecule has 0 bridgehead atoms. The molecule has 2 aromatic rings. The first kappa shape index (κ1) is 16.6. The first-order chi connectivity index (χ1) is 11.4. The molecule has 0 aliphatic carbocycles. The molecular weight excluding hydrogens is 332 g/mol. The van der Waals surface area contributed by atoms with Gasteiger partial charge in [-0.3, -0.25) is 10.1 Å². The van der Waals surface area contributed by atoms with Crippen LogP contribution in [0.25, 0.3) is 11.5 Å². The summed E-state index contributed by atoms with van der Waals surface area (Å²) in [5.41, 5.74) is 0.756. The van der Waals surface area contributed by atoms with Crippen LogP contribution in [-0.2, 0) is 14.8 Å². The molecule has 1 unspecified atom stereocenters. The molecule has 1 aromatic carbocycles. The molecule has 0 radical (unpaired) electrons. The zero-order valence-corrected chi connectivity index (χ0v) is 14.0. The number of hydrogen-bond donors (Lipinski definition) is 1. The molecule has 9 heteroatoms. The second-order valence-electron chi connectivity index (χ2n) is 5.73. The van der Waals surface area contributed by atoms with Crippen LogP contribution in [0.2, 0.25) is 0 Å². The summed E-state index contributed by atoms with van der Waals surface area (Å²) < 4.78 is 30.0. The zero-order chi connectivity index (χ0) is 17.2. The topological polar surface area (TPSA) is 105 Å². The third kappa shape index (κ3) is 3.80. The van der Waals surface area contributed by atoms with Gasteiger partial charge in [0.25, 0.3) is 0 Å². The van der Waals surface area contributed by atoms with E-state index in [-0.39, 0.29) is 18.5 Å². The number of rotatable bonds is 4. The fourth-order valence-electron chi connectivity index (χ4n) is 2.64. The monoisotopic (exact) mass is 350 g/mol. The Hall–Kier alpha value is -2.26. The minimum absolute atomic E-state index is 0.00957. The van der Waals surface area contributed by atoms with Crippen LogP contribution in [0.5, 0.6) is 0 Å². The minimum Gasteiger partial charge on any atom is -0.403 e. The van der Waals surface area contributed by atoms with Gasteiger partial charge in [0, 0.05) is 18.7 Å². The molecule has 8 nitrogen and oxygen atoms in total. The molecule has 1 saturated heterocycles. The van der Waals surface area contributed by atoms with Gasteiger partial charge in [-0.25, -0.2) is 12.7 Å². The van der Waals surface area contributed by atoms with Crippen molar-refractivity contribution < 1.29 is 17.6 Å². The van der Waals surface area contributed by atoms with Gasteiger partial charge in [-0.05, 0) is 25.0 Å². The van der Waals surface area contributed by atoms with E-state index in [4.69, 9.17) is 4.42 Å². The number of nitrogens with zero attached hydrogens (tertiary/aromatic N) is 3. The quantitative estimate of drug-likeness (QED) is 0.892. The van der Waals surface area contributed by atoms with E-state index in [0.717, 1.165) is 11.8 Å². The van der Waals surface area contributed by atoms with Crippen molar-refractivity contribution in [2.75, 3.05) is 24.7 Å². The Balaban J connectivity index is 1.66. The number of benzene rings is 1. The van der Waals surface area contributed by atoms with Gasteiger partial charge >= 0.3 is 6.01 Å². The summed E-state index contributed by atoms with van der Waals surface area (Å²) in [6, 6.07) is 9.22. The lowest BCUT2D eigenvalue weighted by atomic mass is 9.99. The van der Waals surface area contributed by atoms with E-state index in [9.17, 15) is 13.2 Å². The van der Waals surface area contributed by atoms with E-state index in [1.807, 2.05) is 30.3 Å². The molecule has 0 spiro atoms. The highest BCUT2D eigenvalue weighted by Gasteiger charge is 2.30. The number of aromatic nitrogens is 2. The van der Waals surface area contributed by atoms with Crippen molar-refractivity contribution in [2.24, 2.45) is 5.92 Å². The Morgan fingerprint density at radius 3 is 2.75 bits per heavy atom. The van der Waals surface area contributed by atoms with Crippen molar-refractivity contribution in [3.05, 3.63) is 30.3 Å². The third-order valence-electron chi connectivity index (χ3n) is 3.90. The largest absolute Gasteiger partial charge is 0.403 e. The Morgan fingerprint density at radius 1 is 1.29 bits per heavy atom. The number of hydrogen-bond acceptors (Lipinski definition) is 6. The van der Waals surface area contributed by atoms with E-state index in [2.05, 4.69) is 15.5 Å². The summed E-state index contributed by atoms with van der Waals surface area (Å²) in [7, 11) is -3.30. The van der Waals surface area contributed by atoms with Crippen molar-refractivity contribution in [2.45, 2.75) is 12.8 Å². The minimum atomic E-state index is -3.30. The predicted octanol–water partition coefficient (Wildman–Crippen LogP) is 1.35. The predicted molar refractivity (Wildman–Crippen MR) is 87.5 cm³/mol. The lowest BCUT2D eigenvalue weighted by Gasteiger charge is -2.29. The molecule has 1 amide bonds. The lowest BCUT2D eigenvalue weighted by molar-refractivity contribution is -0.121. The number of carbonyl (C=O) groups excluding carboxylic acids is 1. The number of carbonyl (C=O) groups is 1. The maximum absolute atomic E-state index is 12.3. The van der Waals surface area contributed by atoms with E-state index < -0.39 is 15.9 Å². The molecule has 24 heavy (non-hydrogen) atoms. The van der Waals surface area contributed by atoms with E-state index in [0.29, 0.717) is 25.3 Å². The summed E-state index contributed by atoms with van der Waals surface area (Å²) >= 11 is 0. The molecule has 1 atom stereocenters. The van der Waals surface area contributed by atoms with Gasteiger partial charge in [-0.15, -0.1) is 5.10 Å². The molecule has 1 N–H and O–H groups in total. The highest BCUT2D eigenvalue weighted by molar-refractivity contribution is 7.88. The maximum atomic E-state index is 12.3. The number of nitrogens with one attached hydrogen (secondary N) is 1. The van der Waals surface area contributed by atoms with Gasteiger partial charge in [-0.1, -0.05) is 23.3 Å². The molecule has 2 heterocycles. The van der Waals surface area contributed by atoms with Crippen molar-refractivity contribution >= 4 is 21.9 Å². The van der Waals surface area contributed by atoms with Crippen LogP contribution >= 0.6 is 0 Å². The van der Waals surface area contributed by atoms with Crippen LogP contribution in [0.15, 0.2) is 34.7 Å². The second-order valence-corrected chi connectivity index (χ2v) is 7.71. The van der Waals surface area contributed by atoms with Gasteiger partial charge in [0.2, 0.25) is 21.8 Å². The van der Waals surface area contributed by atoms with E-state index >= 15 is 0 Å². The fraction of sp³-hybridized carbons (Fsp3) is 0.400. The lowest BCUT2D eigenvalue weighted by Crippen LogP contribution is -2.43. The molecular formula is C15H18N4O4S. The summed E-state index contributed by atoms with van der Waals surface area (Å²) in [4.78, 5) is 12.3. The highest BCUT2D eigenvalue weighted by Crippen LogP contribution is 2.22. The SMILES string of the molecule is CS(=O)(=O)N1CCCC(C(=O)Nc2nnc(-c3ccccc3)o2)C1. The number of amides is 1. The van der Waals surface area contributed by atoms with E-state index in [1.165, 1.54) is 4.31 Å². The first-order valence-electron chi connectivity index (χ1n) is 7.58. The average Bonchev–Trinajstić information content (AvgIpc) is 3.03. The Morgan fingerprint density at radius 2 is 2.04 bits per heavy atom. The van der Waals surface area contributed by atoms with Gasteiger partial charge in [-0.2, -0.15) is 0 Å². The fourth-order valence-corrected chi connectivity index (χ4v) is 3.55. The van der Waals surface area contributed by atoms with Crippen LogP contribution in [0.4, 0.5) is 6.01 Å². The summed E-state index contributed by atoms with van der Waals surface area (Å²) in [6.07, 6.45) is 2.42. The third-order valence-corrected chi connectivity index (χ3v) is 5.17. The summed E-state index contributed by atoms with van der Waals surface area (Å²) in [5, 5.41) is 10.3. The first-order valence-corrected chi connectivity index (χ1v) is 9.43. The van der Waals surface area contributed by atoms with Crippen molar-refractivity contribution in [1.82, 2.24) is 14.5 Å². The molecule has 1 fully saturated rings. The van der Waals surface area contributed by atoms with Gasteiger partial charge in [0.05, 0.1) is 12.2 Å². The summed E-state index contributed by atoms with van der Waals surface area (Å²) in [6.45, 7) is 0.617. The smallest absolute Gasteiger partial charge is 0.322 e. The maximum Gasteiger partial charge on any atom is 0.322 e. The van der Waals surface area contributed by atoms with Crippen LogP contribution in [0, 0.1) is 5.92 Å². The normalized spacial score (nSPS) is 19.1. The second kappa shape index (κ2) is 6.70. The Bertz CT molecular complexity index is 819. The number of sulfonamides is 1. The van der Waals surface area contributed by atoms with Crippen LogP contribution in [0.1, 0.15) is 12.8 Å². The van der Waals surface area contributed by atoms with Gasteiger partial charge in [0.15, 0.2) is 0 Å². The molecule has 3 rings (SSSR count). The summed E-state index contributed by atoms with van der Waals surface area (Å²) in [5.74, 6) is -0.431. The van der Waals surface area contributed by atoms with Crippen molar-refractivity contribution in [3.8, 4) is 11.5 Å². The van der Waals surface area contributed by atoms with Crippen LogP contribution in [0.3, 0.4) is 0 Å². The van der Waals surface area contributed by atoms with Gasteiger partial charge < -0.3 is 4.42 Å². The van der Waals surface area contributed by atoms with Crippen LogP contribution in [-0.4, -0.2) is 48.2 Å². The molecule has 0 saturated carbocycles. The van der Waals surface area contributed by atoms with Crippen LogP contribution < -0.4 is 5.32 Å². The average molecular weight is 350 g/mol. The highest BCUT2D eigenvalue weighted by atomic mass is 32.2. The molecule has 1 aliphatic heterocycles. The molecule has 1 aromatic heterocycles. The van der Waals surface area contributed by atoms with Gasteiger partial charge in [0.1, 0.15) is 0 Å². The number of piperidine rings is 1. The molecule has 1 aliphatic rings. The number of anilines is 1. The zero-order valence-electron chi connectivity index (χ0n) is 13.2. The molecule has 128 valence electrons. The standard InChI is InChI=1S/C15H18N4O4S/c1-24(21,22)19-9-5-8-12(10-19)13(20)16-15-18-17-14(23-15)11-6-3-2-4-7-11/h2-4,6-7,12H,5,8-10H2,1H3,(H,16,18,20). The Kier molecular flexibility index (Phi) is 4.63. The van der Waals surface area contributed by atoms with Crippen molar-refractivity contribution in [1.29, 1.82) is 0 Å². The van der Waals surface area contributed by atoms with Crippen molar-refractivity contribution in [3.63, 3.8) is 0 Å². The Labute approximate surface area is 139 Å².